The van der Waals surface area contributed by atoms with E-state index in [9.17, 15) is 4.79 Å². The highest BCUT2D eigenvalue weighted by Gasteiger charge is 2.15. The minimum absolute atomic E-state index is 0.0450. The minimum atomic E-state index is -1.19. The van der Waals surface area contributed by atoms with E-state index in [0.717, 1.165) is 10.9 Å². The van der Waals surface area contributed by atoms with Crippen LogP contribution in [0.3, 0.4) is 0 Å². The summed E-state index contributed by atoms with van der Waals surface area (Å²) < 4.78 is 5.59. The van der Waals surface area contributed by atoms with Crippen molar-refractivity contribution in [1.29, 1.82) is 0 Å². The van der Waals surface area contributed by atoms with Crippen LogP contribution >= 0.6 is 0 Å². The Kier molecular flexibility index (Phi) is 2.96. The summed E-state index contributed by atoms with van der Waals surface area (Å²) in [6.07, 6.45) is 4.36. The van der Waals surface area contributed by atoms with Crippen molar-refractivity contribution >= 4 is 16.9 Å². The van der Waals surface area contributed by atoms with Crippen molar-refractivity contribution in [3.8, 4) is 11.6 Å². The topological polar surface area (TPSA) is 85.2 Å². The van der Waals surface area contributed by atoms with Gasteiger partial charge in [0.15, 0.2) is 0 Å². The molecule has 98 valence electrons. The Balaban J connectivity index is 2.08. The molecule has 0 aliphatic rings. The van der Waals surface area contributed by atoms with Crippen LogP contribution in [-0.2, 0) is 0 Å². The van der Waals surface area contributed by atoms with Gasteiger partial charge in [0.05, 0.1) is 5.52 Å². The van der Waals surface area contributed by atoms with Crippen molar-refractivity contribution in [2.45, 2.75) is 0 Å². The fourth-order valence-corrected chi connectivity index (χ4v) is 1.81. The van der Waals surface area contributed by atoms with Crippen molar-refractivity contribution in [3.63, 3.8) is 0 Å². The Bertz CT molecular complexity index is 784. The molecule has 0 saturated heterocycles. The van der Waals surface area contributed by atoms with E-state index in [1.54, 1.807) is 24.4 Å². The molecular weight excluding hydrogens is 258 g/mol. The lowest BCUT2D eigenvalue weighted by molar-refractivity contribution is 0.0686. The summed E-state index contributed by atoms with van der Waals surface area (Å²) in [6, 6.07) is 8.97. The van der Waals surface area contributed by atoms with E-state index in [1.807, 2.05) is 12.1 Å². The fourth-order valence-electron chi connectivity index (χ4n) is 1.81. The average Bonchev–Trinajstić information content (AvgIpc) is 2.48. The summed E-state index contributed by atoms with van der Waals surface area (Å²) in [6.45, 7) is 0. The third-order valence-corrected chi connectivity index (χ3v) is 2.68. The molecule has 6 nitrogen and oxygen atoms in total. The number of benzene rings is 1. The lowest BCUT2D eigenvalue weighted by Crippen LogP contribution is -2.04. The molecule has 2 heterocycles. The van der Waals surface area contributed by atoms with E-state index >= 15 is 0 Å². The van der Waals surface area contributed by atoms with Crippen LogP contribution in [0.4, 0.5) is 0 Å². The highest BCUT2D eigenvalue weighted by Crippen LogP contribution is 2.28. The zero-order chi connectivity index (χ0) is 13.9. The number of rotatable bonds is 3. The van der Waals surface area contributed by atoms with Gasteiger partial charge in [-0.25, -0.2) is 14.8 Å². The predicted molar refractivity (Wildman–Crippen MR) is 70.8 cm³/mol. The number of ether oxygens (including phenoxy) is 1. The van der Waals surface area contributed by atoms with Gasteiger partial charge in [-0.15, -0.1) is 0 Å². The van der Waals surface area contributed by atoms with E-state index in [-0.39, 0.29) is 11.6 Å². The van der Waals surface area contributed by atoms with E-state index in [2.05, 4.69) is 15.0 Å². The highest BCUT2D eigenvalue weighted by molar-refractivity contribution is 5.89. The molecule has 0 radical (unpaired) electrons. The van der Waals surface area contributed by atoms with Crippen LogP contribution in [0.5, 0.6) is 11.6 Å². The molecule has 0 aliphatic heterocycles. The summed E-state index contributed by atoms with van der Waals surface area (Å²) in [5, 5.41) is 9.84. The Labute approximate surface area is 113 Å². The molecule has 3 rings (SSSR count). The first-order chi connectivity index (χ1) is 9.75. The number of pyridine rings is 1. The van der Waals surface area contributed by atoms with Crippen LogP contribution in [0.2, 0.25) is 0 Å². The Morgan fingerprint density at radius 1 is 1.00 bits per heavy atom. The maximum atomic E-state index is 11.1. The second-order valence-electron chi connectivity index (χ2n) is 3.94. The fraction of sp³-hybridized carbons (Fsp3) is 0. The van der Waals surface area contributed by atoms with E-state index < -0.39 is 5.97 Å². The van der Waals surface area contributed by atoms with Crippen LogP contribution < -0.4 is 4.74 Å². The number of carboxylic acid groups (broad SMARTS) is 1. The molecule has 0 saturated carbocycles. The van der Waals surface area contributed by atoms with Crippen LogP contribution in [0.1, 0.15) is 10.5 Å². The number of nitrogens with zero attached hydrogens (tertiary/aromatic N) is 3. The summed E-state index contributed by atoms with van der Waals surface area (Å²) in [7, 11) is 0. The normalized spacial score (nSPS) is 10.4. The molecule has 3 aromatic rings. The van der Waals surface area contributed by atoms with Gasteiger partial charge >= 0.3 is 5.97 Å². The van der Waals surface area contributed by atoms with Crippen molar-refractivity contribution in [2.75, 3.05) is 0 Å². The Morgan fingerprint density at radius 3 is 2.70 bits per heavy atom. The van der Waals surface area contributed by atoms with E-state index in [0.29, 0.717) is 5.75 Å². The summed E-state index contributed by atoms with van der Waals surface area (Å²) in [4.78, 5) is 23.0. The summed E-state index contributed by atoms with van der Waals surface area (Å²) in [5.74, 6) is -0.749. The molecule has 0 bridgehead atoms. The number of carbonyl (C=O) groups is 1. The van der Waals surface area contributed by atoms with E-state index in [1.165, 1.54) is 12.4 Å². The molecule has 1 N–H and O–H groups in total. The maximum absolute atomic E-state index is 11.1. The lowest BCUT2D eigenvalue weighted by atomic mass is 10.2. The van der Waals surface area contributed by atoms with E-state index in [4.69, 9.17) is 9.84 Å². The maximum Gasteiger partial charge on any atom is 0.360 e. The van der Waals surface area contributed by atoms with Gasteiger partial charge in [0.25, 0.3) is 5.88 Å². The summed E-state index contributed by atoms with van der Waals surface area (Å²) >= 11 is 0. The SMILES string of the molecule is O=C(O)c1nccnc1Oc1cccc2ncccc12. The van der Waals surface area contributed by atoms with Crippen molar-refractivity contribution in [1.82, 2.24) is 15.0 Å². The number of aromatic nitrogens is 3. The third-order valence-electron chi connectivity index (χ3n) is 2.68. The van der Waals surface area contributed by atoms with Crippen LogP contribution in [0, 0.1) is 0 Å². The van der Waals surface area contributed by atoms with Crippen LogP contribution in [0.15, 0.2) is 48.9 Å². The molecule has 0 aliphatic carbocycles. The first-order valence-electron chi connectivity index (χ1n) is 5.81. The van der Waals surface area contributed by atoms with Gasteiger partial charge in [0, 0.05) is 24.0 Å². The van der Waals surface area contributed by atoms with Gasteiger partial charge < -0.3 is 9.84 Å². The van der Waals surface area contributed by atoms with Crippen molar-refractivity contribution in [3.05, 3.63) is 54.6 Å². The molecule has 2 aromatic heterocycles. The monoisotopic (exact) mass is 267 g/mol. The van der Waals surface area contributed by atoms with Crippen molar-refractivity contribution < 1.29 is 14.6 Å². The first-order valence-corrected chi connectivity index (χ1v) is 5.81. The largest absolute Gasteiger partial charge is 0.476 e. The molecule has 20 heavy (non-hydrogen) atoms. The predicted octanol–water partition coefficient (Wildman–Crippen LogP) is 2.52. The lowest BCUT2D eigenvalue weighted by Gasteiger charge is -2.08. The van der Waals surface area contributed by atoms with Gasteiger partial charge in [-0.3, -0.25) is 4.98 Å². The number of hydrogen-bond donors (Lipinski definition) is 1. The van der Waals surface area contributed by atoms with Crippen LogP contribution in [0.25, 0.3) is 10.9 Å². The standard InChI is InChI=1S/C14H9N3O3/c18-14(19)12-13(17-8-7-16-12)20-11-5-1-4-10-9(11)3-2-6-15-10/h1-8H,(H,18,19). The molecule has 6 heteroatoms. The zero-order valence-corrected chi connectivity index (χ0v) is 10.2. The van der Waals surface area contributed by atoms with Crippen molar-refractivity contribution in [2.24, 2.45) is 0 Å². The second-order valence-corrected chi connectivity index (χ2v) is 3.94. The van der Waals surface area contributed by atoms with Crippen LogP contribution in [-0.4, -0.2) is 26.0 Å². The second kappa shape index (κ2) is 4.93. The molecule has 0 spiro atoms. The number of hydrogen-bond acceptors (Lipinski definition) is 5. The third kappa shape index (κ3) is 2.14. The average molecular weight is 267 g/mol. The zero-order valence-electron chi connectivity index (χ0n) is 10.2. The molecule has 0 fully saturated rings. The molecule has 0 amide bonds. The first kappa shape index (κ1) is 12.0. The molecule has 0 unspecified atom stereocenters. The molecule has 0 atom stereocenters. The minimum Gasteiger partial charge on any atom is -0.476 e. The molecule has 1 aromatic carbocycles. The number of fused-ring (bicyclic) bond motifs is 1. The highest BCUT2D eigenvalue weighted by atomic mass is 16.5. The number of aromatic carboxylic acids is 1. The summed E-state index contributed by atoms with van der Waals surface area (Å²) in [5.41, 5.74) is 0.527. The smallest absolute Gasteiger partial charge is 0.360 e. The van der Waals surface area contributed by atoms with Gasteiger partial charge in [-0.05, 0) is 24.3 Å². The Hall–Kier alpha value is -3.02. The van der Waals surface area contributed by atoms with Gasteiger partial charge in [0.1, 0.15) is 5.75 Å². The quantitative estimate of drug-likeness (QED) is 0.784. The van der Waals surface area contributed by atoms with Gasteiger partial charge in [-0.2, -0.15) is 0 Å². The molecular formula is C14H9N3O3. The Morgan fingerprint density at radius 2 is 1.85 bits per heavy atom. The van der Waals surface area contributed by atoms with Gasteiger partial charge in [0.2, 0.25) is 5.69 Å². The number of carboxylic acids is 1. The van der Waals surface area contributed by atoms with Gasteiger partial charge in [-0.1, -0.05) is 6.07 Å².